The summed E-state index contributed by atoms with van der Waals surface area (Å²) in [6, 6.07) is 8.01. The summed E-state index contributed by atoms with van der Waals surface area (Å²) in [5.74, 6) is -0.275. The van der Waals surface area contributed by atoms with E-state index in [-0.39, 0.29) is 16.2 Å². The smallest absolute Gasteiger partial charge is 0.323 e. The number of hydrogen-bond acceptors (Lipinski definition) is 2. The third-order valence-corrected chi connectivity index (χ3v) is 3.38. The van der Waals surface area contributed by atoms with Gasteiger partial charge in [-0.3, -0.25) is 4.79 Å². The Hall–Kier alpha value is -0.830. The number of esters is 1. The zero-order valence-corrected chi connectivity index (χ0v) is 11.7. The molecule has 1 atom stereocenters. The molecule has 1 aromatic carbocycles. The zero-order chi connectivity index (χ0) is 12.3. The van der Waals surface area contributed by atoms with Gasteiger partial charge < -0.3 is 4.74 Å². The Kier molecular flexibility index (Phi) is 4.14. The highest BCUT2D eigenvalue weighted by Crippen LogP contribution is 2.27. The van der Waals surface area contributed by atoms with Crippen LogP contribution in [0.3, 0.4) is 0 Å². The lowest BCUT2D eigenvalue weighted by atomic mass is 9.86. The molecule has 1 aromatic rings. The molecule has 0 aromatic heterocycles. The summed E-state index contributed by atoms with van der Waals surface area (Å²) in [6.07, 6.45) is 0. The topological polar surface area (TPSA) is 26.3 Å². The van der Waals surface area contributed by atoms with Crippen LogP contribution in [0.2, 0.25) is 0 Å². The number of carbonyl (C=O) groups is 1. The molecule has 0 amide bonds. The first kappa shape index (κ1) is 13.2. The molecule has 0 spiro atoms. The number of methoxy groups -OCH3 is 1. The highest BCUT2D eigenvalue weighted by molar-refractivity contribution is 9.09. The predicted octanol–water partition coefficient (Wildman–Crippen LogP) is 3.59. The van der Waals surface area contributed by atoms with Crippen molar-refractivity contribution in [3.63, 3.8) is 0 Å². The van der Waals surface area contributed by atoms with Crippen molar-refractivity contribution in [1.29, 1.82) is 0 Å². The Morgan fingerprint density at radius 2 is 1.75 bits per heavy atom. The van der Waals surface area contributed by atoms with Crippen LogP contribution >= 0.6 is 15.9 Å². The van der Waals surface area contributed by atoms with E-state index in [4.69, 9.17) is 0 Å². The summed E-state index contributed by atoms with van der Waals surface area (Å²) in [4.78, 5) is 10.9. The van der Waals surface area contributed by atoms with Crippen LogP contribution in [-0.2, 0) is 14.9 Å². The fourth-order valence-corrected chi connectivity index (χ4v) is 1.88. The maximum Gasteiger partial charge on any atom is 0.323 e. The largest absolute Gasteiger partial charge is 0.468 e. The summed E-state index contributed by atoms with van der Waals surface area (Å²) >= 11 is 3.31. The van der Waals surface area contributed by atoms with E-state index in [0.717, 1.165) is 5.56 Å². The van der Waals surface area contributed by atoms with Crippen molar-refractivity contribution in [2.45, 2.75) is 31.0 Å². The number of halogens is 1. The van der Waals surface area contributed by atoms with Gasteiger partial charge in [0.15, 0.2) is 0 Å². The molecule has 1 unspecified atom stereocenters. The molecule has 88 valence electrons. The van der Waals surface area contributed by atoms with Gasteiger partial charge in [0.2, 0.25) is 0 Å². The van der Waals surface area contributed by atoms with Crippen LogP contribution in [0, 0.1) is 0 Å². The van der Waals surface area contributed by atoms with Crippen LogP contribution < -0.4 is 0 Å². The minimum absolute atomic E-state index is 0.131. The molecule has 0 fully saturated rings. The highest BCUT2D eigenvalue weighted by Gasteiger charge is 2.19. The molecule has 1 rings (SSSR count). The third-order valence-electron chi connectivity index (χ3n) is 2.48. The van der Waals surface area contributed by atoms with E-state index in [0.29, 0.717) is 0 Å². The summed E-state index contributed by atoms with van der Waals surface area (Å²) in [6.45, 7) is 6.48. The van der Waals surface area contributed by atoms with Crippen LogP contribution in [0.25, 0.3) is 0 Å². The lowest BCUT2D eigenvalue weighted by Gasteiger charge is -2.19. The second-order valence-corrected chi connectivity index (χ2v) is 5.67. The molecule has 0 bridgehead atoms. The van der Waals surface area contributed by atoms with E-state index in [2.05, 4.69) is 41.4 Å². The van der Waals surface area contributed by atoms with Crippen LogP contribution in [0.4, 0.5) is 0 Å². The molecule has 0 aliphatic carbocycles. The number of hydrogen-bond donors (Lipinski definition) is 0. The summed E-state index contributed by atoms with van der Waals surface area (Å²) in [5, 5.41) is 0. The second-order valence-electron chi connectivity index (χ2n) is 4.76. The third kappa shape index (κ3) is 3.08. The van der Waals surface area contributed by atoms with E-state index in [1.54, 1.807) is 0 Å². The van der Waals surface area contributed by atoms with Gasteiger partial charge in [-0.05, 0) is 16.5 Å². The quantitative estimate of drug-likeness (QED) is 0.613. The predicted molar refractivity (Wildman–Crippen MR) is 68.8 cm³/mol. The highest BCUT2D eigenvalue weighted by atomic mass is 79.9. The first-order valence-electron chi connectivity index (χ1n) is 5.18. The number of alkyl halides is 1. The summed E-state index contributed by atoms with van der Waals surface area (Å²) in [7, 11) is 1.39. The van der Waals surface area contributed by atoms with E-state index >= 15 is 0 Å². The molecule has 3 heteroatoms. The Bertz CT molecular complexity index is 363. The lowest BCUT2D eigenvalue weighted by Crippen LogP contribution is -2.12. The Morgan fingerprint density at radius 1 is 1.25 bits per heavy atom. The standard InChI is InChI=1S/C13H17BrO2/c1-13(2,3)10-7-5-9(6-8-10)11(14)12(15)16-4/h5-8,11H,1-4H3. The van der Waals surface area contributed by atoms with E-state index in [1.165, 1.54) is 12.7 Å². The molecule has 2 nitrogen and oxygen atoms in total. The van der Waals surface area contributed by atoms with Gasteiger partial charge in [0.05, 0.1) is 7.11 Å². The molecule has 16 heavy (non-hydrogen) atoms. The average molecular weight is 285 g/mol. The molecular weight excluding hydrogens is 268 g/mol. The van der Waals surface area contributed by atoms with Crippen LogP contribution in [-0.4, -0.2) is 13.1 Å². The molecule has 0 aliphatic heterocycles. The van der Waals surface area contributed by atoms with Gasteiger partial charge in [-0.25, -0.2) is 0 Å². The van der Waals surface area contributed by atoms with Crippen LogP contribution in [0.5, 0.6) is 0 Å². The van der Waals surface area contributed by atoms with Crippen molar-refractivity contribution < 1.29 is 9.53 Å². The van der Waals surface area contributed by atoms with E-state index in [9.17, 15) is 4.79 Å². The van der Waals surface area contributed by atoms with Crippen molar-refractivity contribution in [3.05, 3.63) is 35.4 Å². The van der Waals surface area contributed by atoms with Crippen molar-refractivity contribution in [2.24, 2.45) is 0 Å². The number of benzene rings is 1. The normalized spacial score (nSPS) is 13.3. The Morgan fingerprint density at radius 3 is 2.12 bits per heavy atom. The van der Waals surface area contributed by atoms with Gasteiger partial charge in [0.25, 0.3) is 0 Å². The fourth-order valence-electron chi connectivity index (χ4n) is 1.39. The minimum Gasteiger partial charge on any atom is -0.468 e. The van der Waals surface area contributed by atoms with Crippen molar-refractivity contribution in [1.82, 2.24) is 0 Å². The maximum atomic E-state index is 11.3. The van der Waals surface area contributed by atoms with Crippen molar-refractivity contribution in [3.8, 4) is 0 Å². The van der Waals surface area contributed by atoms with Gasteiger partial charge in [0.1, 0.15) is 4.83 Å². The van der Waals surface area contributed by atoms with Crippen molar-refractivity contribution >= 4 is 21.9 Å². The first-order chi connectivity index (χ1) is 7.36. The minimum atomic E-state index is -0.383. The molecule has 0 saturated carbocycles. The SMILES string of the molecule is COC(=O)C(Br)c1ccc(C(C)(C)C)cc1. The number of ether oxygens (including phenoxy) is 1. The van der Waals surface area contributed by atoms with Gasteiger partial charge in [-0.15, -0.1) is 0 Å². The molecule has 0 heterocycles. The summed E-state index contributed by atoms with van der Waals surface area (Å²) < 4.78 is 4.68. The lowest BCUT2D eigenvalue weighted by molar-refractivity contribution is -0.139. The summed E-state index contributed by atoms with van der Waals surface area (Å²) in [5.41, 5.74) is 2.30. The fraction of sp³-hybridized carbons (Fsp3) is 0.462. The number of rotatable bonds is 2. The van der Waals surface area contributed by atoms with Gasteiger partial charge in [-0.1, -0.05) is 61.0 Å². The Balaban J connectivity index is 2.91. The van der Waals surface area contributed by atoms with Crippen LogP contribution in [0.15, 0.2) is 24.3 Å². The molecule has 0 radical (unpaired) electrons. The van der Waals surface area contributed by atoms with Crippen molar-refractivity contribution in [2.75, 3.05) is 7.11 Å². The van der Waals surface area contributed by atoms with E-state index in [1.807, 2.05) is 24.3 Å². The molecular formula is C13H17BrO2. The Labute approximate surface area is 105 Å². The maximum absolute atomic E-state index is 11.3. The molecule has 0 aliphatic rings. The van der Waals surface area contributed by atoms with Gasteiger partial charge >= 0.3 is 5.97 Å². The molecule has 0 N–H and O–H groups in total. The monoisotopic (exact) mass is 284 g/mol. The van der Waals surface area contributed by atoms with Gasteiger partial charge in [0, 0.05) is 0 Å². The molecule has 0 saturated heterocycles. The van der Waals surface area contributed by atoms with Gasteiger partial charge in [-0.2, -0.15) is 0 Å². The second kappa shape index (κ2) is 5.00. The van der Waals surface area contributed by atoms with E-state index < -0.39 is 0 Å². The van der Waals surface area contributed by atoms with Crippen LogP contribution in [0.1, 0.15) is 36.7 Å². The first-order valence-corrected chi connectivity index (χ1v) is 6.10. The number of carbonyl (C=O) groups excluding carboxylic acids is 1. The average Bonchev–Trinajstić information content (AvgIpc) is 2.26. The zero-order valence-electron chi connectivity index (χ0n) is 10.1.